The molecule has 0 aliphatic rings. The van der Waals surface area contributed by atoms with E-state index in [9.17, 15) is 4.39 Å². The van der Waals surface area contributed by atoms with Crippen LogP contribution in [0.1, 0.15) is 11.4 Å². The largest absolute Gasteiger partial charge is 0.280 e. The van der Waals surface area contributed by atoms with Gasteiger partial charge in [0.15, 0.2) is 11.5 Å². The number of hydrogen-bond acceptors (Lipinski definition) is 2. The van der Waals surface area contributed by atoms with E-state index in [1.807, 2.05) is 6.92 Å². The molecule has 0 aliphatic heterocycles. The second-order valence-corrected chi connectivity index (χ2v) is 3.67. The number of pyridine rings is 1. The van der Waals surface area contributed by atoms with Crippen molar-refractivity contribution in [3.63, 3.8) is 0 Å². The molecule has 0 aliphatic carbocycles. The molecule has 0 bridgehead atoms. The quantitative estimate of drug-likeness (QED) is 0.773. The molecular formula is C8H7BrFN3. The van der Waals surface area contributed by atoms with Crippen molar-refractivity contribution in [2.24, 2.45) is 0 Å². The minimum atomic E-state index is -0.322. The van der Waals surface area contributed by atoms with Crippen LogP contribution in [0.25, 0.3) is 11.0 Å². The lowest BCUT2D eigenvalue weighted by Crippen LogP contribution is -1.91. The van der Waals surface area contributed by atoms with Crippen molar-refractivity contribution in [2.75, 3.05) is 0 Å². The monoisotopic (exact) mass is 243 g/mol. The highest BCUT2D eigenvalue weighted by Crippen LogP contribution is 2.27. The summed E-state index contributed by atoms with van der Waals surface area (Å²) in [4.78, 5) is 4.01. The first-order valence-corrected chi connectivity index (χ1v) is 4.57. The number of hydrogen-bond donors (Lipinski definition) is 1. The standard InChI is InChI=1S/C8H7BrFN3/c1-3-5-6(9)7(10)4(2)11-8(5)13-12-3/h1-2H3,(H,11,12,13). The van der Waals surface area contributed by atoms with Crippen LogP contribution in [0.3, 0.4) is 0 Å². The Kier molecular flexibility index (Phi) is 1.83. The van der Waals surface area contributed by atoms with Crippen molar-refractivity contribution in [1.29, 1.82) is 0 Å². The average Bonchev–Trinajstić information content (AvgIpc) is 2.43. The zero-order valence-corrected chi connectivity index (χ0v) is 8.74. The van der Waals surface area contributed by atoms with E-state index in [0.29, 0.717) is 21.2 Å². The van der Waals surface area contributed by atoms with Gasteiger partial charge in [0.05, 0.1) is 15.6 Å². The number of nitrogens with one attached hydrogen (secondary N) is 1. The van der Waals surface area contributed by atoms with E-state index >= 15 is 0 Å². The zero-order chi connectivity index (χ0) is 9.59. The van der Waals surface area contributed by atoms with Crippen LogP contribution in [0, 0.1) is 19.7 Å². The Hall–Kier alpha value is -0.970. The highest BCUT2D eigenvalue weighted by molar-refractivity contribution is 9.10. The van der Waals surface area contributed by atoms with Crippen molar-refractivity contribution in [1.82, 2.24) is 15.2 Å². The minimum Gasteiger partial charge on any atom is -0.280 e. The number of H-pyrrole nitrogens is 1. The Morgan fingerprint density at radius 1 is 1.38 bits per heavy atom. The molecule has 0 atom stereocenters. The molecule has 0 spiro atoms. The molecule has 2 aromatic rings. The van der Waals surface area contributed by atoms with E-state index in [4.69, 9.17) is 0 Å². The van der Waals surface area contributed by atoms with E-state index in [1.165, 1.54) is 0 Å². The number of halogens is 2. The molecule has 68 valence electrons. The van der Waals surface area contributed by atoms with Gasteiger partial charge in [-0.15, -0.1) is 0 Å². The third-order valence-electron chi connectivity index (χ3n) is 1.93. The van der Waals surface area contributed by atoms with Gasteiger partial charge >= 0.3 is 0 Å². The number of aromatic nitrogens is 3. The predicted octanol–water partition coefficient (Wildman–Crippen LogP) is 2.48. The maximum absolute atomic E-state index is 13.4. The molecule has 0 amide bonds. The fourth-order valence-electron chi connectivity index (χ4n) is 1.24. The Balaban J connectivity index is 2.97. The topological polar surface area (TPSA) is 41.6 Å². The van der Waals surface area contributed by atoms with Crippen LogP contribution < -0.4 is 0 Å². The van der Waals surface area contributed by atoms with Crippen LogP contribution in [0.2, 0.25) is 0 Å². The third-order valence-corrected chi connectivity index (χ3v) is 2.68. The molecule has 0 radical (unpaired) electrons. The molecule has 0 aromatic carbocycles. The first kappa shape index (κ1) is 8.62. The van der Waals surface area contributed by atoms with Gasteiger partial charge in [-0.2, -0.15) is 5.10 Å². The van der Waals surface area contributed by atoms with Gasteiger partial charge in [-0.25, -0.2) is 9.37 Å². The van der Waals surface area contributed by atoms with Crippen molar-refractivity contribution in [3.05, 3.63) is 21.7 Å². The average molecular weight is 244 g/mol. The van der Waals surface area contributed by atoms with Gasteiger partial charge in [-0.1, -0.05) is 0 Å². The zero-order valence-electron chi connectivity index (χ0n) is 7.15. The maximum Gasteiger partial charge on any atom is 0.182 e. The summed E-state index contributed by atoms with van der Waals surface area (Å²) < 4.78 is 13.8. The molecule has 2 aromatic heterocycles. The van der Waals surface area contributed by atoms with Crippen LogP contribution in [-0.2, 0) is 0 Å². The van der Waals surface area contributed by atoms with Gasteiger partial charge in [0.25, 0.3) is 0 Å². The lowest BCUT2D eigenvalue weighted by atomic mass is 10.2. The van der Waals surface area contributed by atoms with Gasteiger partial charge in [0.1, 0.15) is 0 Å². The first-order valence-electron chi connectivity index (χ1n) is 3.77. The van der Waals surface area contributed by atoms with Crippen LogP contribution >= 0.6 is 15.9 Å². The molecule has 0 saturated heterocycles. The summed E-state index contributed by atoms with van der Waals surface area (Å²) >= 11 is 3.19. The number of fused-ring (bicyclic) bond motifs is 1. The summed E-state index contributed by atoms with van der Waals surface area (Å²) in [6.07, 6.45) is 0. The van der Waals surface area contributed by atoms with Crippen molar-refractivity contribution in [2.45, 2.75) is 13.8 Å². The van der Waals surface area contributed by atoms with Crippen molar-refractivity contribution >= 4 is 27.0 Å². The molecule has 3 nitrogen and oxygen atoms in total. The molecule has 2 rings (SSSR count). The lowest BCUT2D eigenvalue weighted by molar-refractivity contribution is 0.606. The lowest BCUT2D eigenvalue weighted by Gasteiger charge is -1.99. The van der Waals surface area contributed by atoms with Crippen LogP contribution in [-0.4, -0.2) is 15.2 Å². The molecule has 13 heavy (non-hydrogen) atoms. The molecule has 0 unspecified atom stereocenters. The normalized spacial score (nSPS) is 11.1. The predicted molar refractivity (Wildman–Crippen MR) is 51.0 cm³/mol. The maximum atomic E-state index is 13.4. The fourth-order valence-corrected chi connectivity index (χ4v) is 2.00. The Bertz CT molecular complexity index is 478. The Morgan fingerprint density at radius 2 is 2.08 bits per heavy atom. The van der Waals surface area contributed by atoms with Crippen LogP contribution in [0.15, 0.2) is 4.47 Å². The van der Waals surface area contributed by atoms with Gasteiger partial charge in [0, 0.05) is 5.69 Å². The fraction of sp³-hybridized carbons (Fsp3) is 0.250. The smallest absolute Gasteiger partial charge is 0.182 e. The second kappa shape index (κ2) is 2.77. The van der Waals surface area contributed by atoms with E-state index in [0.717, 1.165) is 5.69 Å². The van der Waals surface area contributed by atoms with Gasteiger partial charge < -0.3 is 0 Å². The molecule has 2 heterocycles. The van der Waals surface area contributed by atoms with E-state index in [-0.39, 0.29) is 5.82 Å². The van der Waals surface area contributed by atoms with Crippen molar-refractivity contribution < 1.29 is 4.39 Å². The third kappa shape index (κ3) is 1.14. The Labute approximate surface area is 82.5 Å². The Morgan fingerprint density at radius 3 is 2.77 bits per heavy atom. The van der Waals surface area contributed by atoms with E-state index in [2.05, 4.69) is 31.1 Å². The number of aromatic amines is 1. The number of nitrogens with zero attached hydrogens (tertiary/aromatic N) is 2. The van der Waals surface area contributed by atoms with Gasteiger partial charge in [-0.3, -0.25) is 5.10 Å². The first-order chi connectivity index (χ1) is 6.11. The highest BCUT2D eigenvalue weighted by atomic mass is 79.9. The van der Waals surface area contributed by atoms with Gasteiger partial charge in [0.2, 0.25) is 0 Å². The van der Waals surface area contributed by atoms with Gasteiger partial charge in [-0.05, 0) is 29.8 Å². The summed E-state index contributed by atoms with van der Waals surface area (Å²) in [6, 6.07) is 0. The number of aryl methyl sites for hydroxylation is 2. The minimum absolute atomic E-state index is 0.322. The summed E-state index contributed by atoms with van der Waals surface area (Å²) in [7, 11) is 0. The highest BCUT2D eigenvalue weighted by Gasteiger charge is 2.13. The molecule has 5 heteroatoms. The van der Waals surface area contributed by atoms with Crippen molar-refractivity contribution in [3.8, 4) is 0 Å². The molecule has 1 N–H and O–H groups in total. The van der Waals surface area contributed by atoms with Crippen LogP contribution in [0.5, 0.6) is 0 Å². The SMILES string of the molecule is Cc1nc2n[nH]c(C)c2c(Br)c1F. The summed E-state index contributed by atoms with van der Waals surface area (Å²) in [6.45, 7) is 3.44. The molecule has 0 saturated carbocycles. The second-order valence-electron chi connectivity index (χ2n) is 2.87. The molecule has 0 fully saturated rings. The van der Waals surface area contributed by atoms with E-state index in [1.54, 1.807) is 6.92 Å². The number of rotatable bonds is 0. The van der Waals surface area contributed by atoms with E-state index < -0.39 is 0 Å². The summed E-state index contributed by atoms with van der Waals surface area (Å²) in [5, 5.41) is 7.42. The van der Waals surface area contributed by atoms with Crippen LogP contribution in [0.4, 0.5) is 4.39 Å². The molecular weight excluding hydrogens is 237 g/mol. The summed E-state index contributed by atoms with van der Waals surface area (Å²) in [5.41, 5.74) is 1.71. The summed E-state index contributed by atoms with van der Waals surface area (Å²) in [5.74, 6) is -0.322.